The molecule has 0 unspecified atom stereocenters. The molecule has 0 bridgehead atoms. The first-order valence-electron chi connectivity index (χ1n) is 2.79. The molecule has 2 nitrogen and oxygen atoms in total. The Bertz CT molecular complexity index is 338. The highest BCUT2D eigenvalue weighted by molar-refractivity contribution is 9.10. The van der Waals surface area contributed by atoms with Crippen molar-refractivity contribution in [1.82, 2.24) is 0 Å². The average molecular weight is 219 g/mol. The third kappa shape index (κ3) is 1.77. The van der Waals surface area contributed by atoms with Gasteiger partial charge in [0.2, 0.25) is 5.43 Å². The number of rotatable bonds is 0. The van der Waals surface area contributed by atoms with Gasteiger partial charge in [-0.25, -0.2) is 4.39 Å². The van der Waals surface area contributed by atoms with Gasteiger partial charge in [0, 0.05) is 4.47 Å². The molecule has 1 N–H and O–H groups in total. The van der Waals surface area contributed by atoms with E-state index in [4.69, 9.17) is 5.11 Å². The fourth-order valence-corrected chi connectivity index (χ4v) is 0.923. The van der Waals surface area contributed by atoms with Crippen LogP contribution < -0.4 is 5.43 Å². The quantitative estimate of drug-likeness (QED) is 0.720. The second-order valence-electron chi connectivity index (χ2n) is 1.92. The molecular weight excluding hydrogens is 215 g/mol. The third-order valence-corrected chi connectivity index (χ3v) is 1.61. The van der Waals surface area contributed by atoms with E-state index < -0.39 is 17.0 Å². The molecule has 4 heteroatoms. The van der Waals surface area contributed by atoms with Crippen LogP contribution in [0.25, 0.3) is 0 Å². The third-order valence-electron chi connectivity index (χ3n) is 1.12. The Balaban J connectivity index is 3.56. The molecule has 0 atom stereocenters. The summed E-state index contributed by atoms with van der Waals surface area (Å²) in [5.74, 6) is -1.78. The number of aromatic hydroxyl groups is 1. The Labute approximate surface area is 70.4 Å². The van der Waals surface area contributed by atoms with Crippen LogP contribution in [-0.4, -0.2) is 5.11 Å². The molecule has 0 aliphatic heterocycles. The maximum absolute atomic E-state index is 12.6. The van der Waals surface area contributed by atoms with Gasteiger partial charge in [-0.3, -0.25) is 4.79 Å². The summed E-state index contributed by atoms with van der Waals surface area (Å²) in [5, 5.41) is 8.78. The molecule has 0 fully saturated rings. The number of hydrogen-bond acceptors (Lipinski definition) is 2. The molecular formula is C7H4BrFO2. The molecule has 0 heterocycles. The summed E-state index contributed by atoms with van der Waals surface area (Å²) in [6, 6.07) is 3.48. The molecule has 0 saturated heterocycles. The lowest BCUT2D eigenvalue weighted by atomic mass is 10.4. The van der Waals surface area contributed by atoms with E-state index in [2.05, 4.69) is 15.9 Å². The molecule has 0 aliphatic rings. The summed E-state index contributed by atoms with van der Waals surface area (Å²) in [6.07, 6.45) is 0. The minimum absolute atomic E-state index is 0.410. The van der Waals surface area contributed by atoms with Gasteiger partial charge in [-0.15, -0.1) is 0 Å². The van der Waals surface area contributed by atoms with Crippen LogP contribution in [-0.2, 0) is 0 Å². The van der Waals surface area contributed by atoms with E-state index in [0.29, 0.717) is 4.47 Å². The second-order valence-corrected chi connectivity index (χ2v) is 2.84. The van der Waals surface area contributed by atoms with E-state index in [1.165, 1.54) is 6.07 Å². The fraction of sp³-hybridized carbons (Fsp3) is 0. The van der Waals surface area contributed by atoms with Gasteiger partial charge in [-0.1, -0.05) is 15.9 Å². The minimum Gasteiger partial charge on any atom is -0.502 e. The van der Waals surface area contributed by atoms with Crippen molar-refractivity contribution in [3.63, 3.8) is 0 Å². The first-order chi connectivity index (χ1) is 5.11. The van der Waals surface area contributed by atoms with Crippen molar-refractivity contribution in [2.24, 2.45) is 0 Å². The van der Waals surface area contributed by atoms with Crippen LogP contribution in [0.3, 0.4) is 0 Å². The van der Waals surface area contributed by atoms with Crippen molar-refractivity contribution in [2.75, 3.05) is 0 Å². The van der Waals surface area contributed by atoms with Gasteiger partial charge in [0.25, 0.3) is 0 Å². The maximum Gasteiger partial charge on any atom is 0.223 e. The predicted octanol–water partition coefficient (Wildman–Crippen LogP) is 1.65. The molecule has 0 aliphatic carbocycles. The number of halogens is 2. The highest BCUT2D eigenvalue weighted by Crippen LogP contribution is 2.13. The largest absolute Gasteiger partial charge is 0.502 e. The predicted molar refractivity (Wildman–Crippen MR) is 42.0 cm³/mol. The average Bonchev–Trinajstić information content (AvgIpc) is 2.05. The normalized spacial score (nSPS) is 9.64. The van der Waals surface area contributed by atoms with Crippen LogP contribution in [0.15, 0.2) is 27.5 Å². The summed E-state index contributed by atoms with van der Waals surface area (Å²) in [7, 11) is 0. The molecule has 0 saturated carbocycles. The first-order valence-corrected chi connectivity index (χ1v) is 3.59. The molecule has 11 heavy (non-hydrogen) atoms. The molecule has 0 amide bonds. The van der Waals surface area contributed by atoms with E-state index in [-0.39, 0.29) is 0 Å². The van der Waals surface area contributed by atoms with Gasteiger partial charge in [0.1, 0.15) is 0 Å². The summed E-state index contributed by atoms with van der Waals surface area (Å²) < 4.78 is 13.0. The van der Waals surface area contributed by atoms with Gasteiger partial charge >= 0.3 is 0 Å². The highest BCUT2D eigenvalue weighted by Gasteiger charge is 2.01. The molecule has 0 radical (unpaired) electrons. The lowest BCUT2D eigenvalue weighted by molar-refractivity contribution is 0.429. The monoisotopic (exact) mass is 218 g/mol. The van der Waals surface area contributed by atoms with Crippen LogP contribution in [0.1, 0.15) is 0 Å². The van der Waals surface area contributed by atoms with E-state index >= 15 is 0 Å². The minimum atomic E-state index is -0.924. The van der Waals surface area contributed by atoms with Crippen molar-refractivity contribution < 1.29 is 9.50 Å². The maximum atomic E-state index is 12.6. The van der Waals surface area contributed by atoms with Crippen molar-refractivity contribution in [1.29, 1.82) is 0 Å². The van der Waals surface area contributed by atoms with Crippen molar-refractivity contribution in [3.8, 4) is 5.75 Å². The standard InChI is InChI=1S/C7H4BrFO2/c8-4-1-2-6(10)7(11)5(9)3-4/h1-3H,(H,10,11). The molecule has 1 rings (SSSR count). The zero-order chi connectivity index (χ0) is 8.43. The van der Waals surface area contributed by atoms with Gasteiger partial charge in [0.15, 0.2) is 11.6 Å². The summed E-state index contributed by atoms with van der Waals surface area (Å²) in [4.78, 5) is 10.7. The van der Waals surface area contributed by atoms with E-state index in [1.54, 1.807) is 0 Å². The zero-order valence-electron chi connectivity index (χ0n) is 5.34. The zero-order valence-corrected chi connectivity index (χ0v) is 6.93. The number of hydrogen-bond donors (Lipinski definition) is 1. The summed E-state index contributed by atoms with van der Waals surface area (Å²) >= 11 is 2.97. The van der Waals surface area contributed by atoms with Crippen LogP contribution in [0.4, 0.5) is 4.39 Å². The van der Waals surface area contributed by atoms with Crippen molar-refractivity contribution in [3.05, 3.63) is 38.7 Å². The van der Waals surface area contributed by atoms with E-state index in [9.17, 15) is 9.18 Å². The Morgan fingerprint density at radius 1 is 1.45 bits per heavy atom. The molecule has 58 valence electrons. The molecule has 0 aromatic heterocycles. The smallest absolute Gasteiger partial charge is 0.223 e. The van der Waals surface area contributed by atoms with E-state index in [0.717, 1.165) is 12.1 Å². The topological polar surface area (TPSA) is 37.3 Å². The Morgan fingerprint density at radius 2 is 2.09 bits per heavy atom. The van der Waals surface area contributed by atoms with Crippen LogP contribution in [0.5, 0.6) is 5.75 Å². The Morgan fingerprint density at radius 3 is 2.73 bits per heavy atom. The Kier molecular flexibility index (Phi) is 2.24. The first kappa shape index (κ1) is 8.20. The summed E-state index contributed by atoms with van der Waals surface area (Å²) in [5.41, 5.74) is -0.729. The molecule has 1 aromatic rings. The second kappa shape index (κ2) is 3.00. The van der Waals surface area contributed by atoms with Crippen molar-refractivity contribution in [2.45, 2.75) is 0 Å². The van der Waals surface area contributed by atoms with Gasteiger partial charge in [-0.2, -0.15) is 0 Å². The summed E-state index contributed by atoms with van der Waals surface area (Å²) in [6.45, 7) is 0. The van der Waals surface area contributed by atoms with Gasteiger partial charge < -0.3 is 5.11 Å². The van der Waals surface area contributed by atoms with E-state index in [1.807, 2.05) is 0 Å². The molecule has 1 aromatic carbocycles. The van der Waals surface area contributed by atoms with Gasteiger partial charge in [-0.05, 0) is 18.2 Å². The molecule has 0 spiro atoms. The SMILES string of the molecule is O=c1ccc(Br)cc(F)c1O. The van der Waals surface area contributed by atoms with Crippen molar-refractivity contribution >= 4 is 15.9 Å². The Hall–Kier alpha value is -0.900. The van der Waals surface area contributed by atoms with Crippen LogP contribution >= 0.6 is 15.9 Å². The fourth-order valence-electron chi connectivity index (χ4n) is 0.589. The van der Waals surface area contributed by atoms with Crippen LogP contribution in [0.2, 0.25) is 0 Å². The lowest BCUT2D eigenvalue weighted by Gasteiger charge is -1.83. The highest BCUT2D eigenvalue weighted by atomic mass is 79.9. The van der Waals surface area contributed by atoms with Crippen LogP contribution in [0, 0.1) is 5.82 Å². The lowest BCUT2D eigenvalue weighted by Crippen LogP contribution is -1.94. The van der Waals surface area contributed by atoms with Gasteiger partial charge in [0.05, 0.1) is 0 Å².